The van der Waals surface area contributed by atoms with Gasteiger partial charge in [-0.3, -0.25) is 9.59 Å². The Labute approximate surface area is 188 Å². The number of nitrogens with two attached hydrogens (primary N) is 1. The maximum atomic E-state index is 13.7. The number of aliphatic hydroxyl groups is 1. The number of primary amides is 1. The van der Waals surface area contributed by atoms with Gasteiger partial charge in [0.1, 0.15) is 29.1 Å². The molecule has 0 bridgehead atoms. The quantitative estimate of drug-likeness (QED) is 0.649. The number of carbonyl (C=O) groups is 3. The van der Waals surface area contributed by atoms with Crippen molar-refractivity contribution in [2.75, 3.05) is 6.54 Å². The molecular weight excluding hydrogens is 417 g/mol. The summed E-state index contributed by atoms with van der Waals surface area (Å²) in [5.41, 5.74) is 3.17. The molecule has 1 saturated heterocycles. The van der Waals surface area contributed by atoms with Gasteiger partial charge in [-0.05, 0) is 50.3 Å². The molecule has 3 atom stereocenters. The minimum absolute atomic E-state index is 0.136. The molecule has 9 heteroatoms. The number of hydrogen-bond donors (Lipinski definition) is 3. The van der Waals surface area contributed by atoms with E-state index in [1.165, 1.54) is 23.1 Å². The van der Waals surface area contributed by atoms with E-state index in [2.05, 4.69) is 5.32 Å². The summed E-state index contributed by atoms with van der Waals surface area (Å²) in [6, 6.07) is 2.00. The summed E-state index contributed by atoms with van der Waals surface area (Å²) in [6.07, 6.45) is -0.910. The number of aryl methyl sites for hydroxylation is 1. The van der Waals surface area contributed by atoms with Crippen LogP contribution < -0.4 is 11.1 Å². The van der Waals surface area contributed by atoms with Gasteiger partial charge in [-0.15, -0.1) is 0 Å². The van der Waals surface area contributed by atoms with Crippen LogP contribution in [-0.2, 0) is 19.9 Å². The fraction of sp³-hybridized carbons (Fsp3) is 0.609. The molecule has 1 fully saturated rings. The summed E-state index contributed by atoms with van der Waals surface area (Å²) in [4.78, 5) is 39.3. The molecule has 1 aliphatic rings. The van der Waals surface area contributed by atoms with Crippen LogP contribution in [0.5, 0.6) is 0 Å². The molecular formula is C23H34FN3O5. The molecule has 32 heavy (non-hydrogen) atoms. The Bertz CT molecular complexity index is 906. The molecule has 0 saturated carbocycles. The highest BCUT2D eigenvalue weighted by Crippen LogP contribution is 2.38. The SMILES string of the molecule is Cc1cc([C@]2(O)C[C@@H](C(N)=O)N(C(=O)[C@@H](NC(=O)OC(C)(C)C)C(C)(C)C)C2)ccc1F. The summed E-state index contributed by atoms with van der Waals surface area (Å²) in [5, 5.41) is 13.9. The molecule has 178 valence electrons. The lowest BCUT2D eigenvalue weighted by Gasteiger charge is -2.35. The monoisotopic (exact) mass is 451 g/mol. The lowest BCUT2D eigenvalue weighted by Crippen LogP contribution is -2.58. The third-order valence-corrected chi connectivity index (χ3v) is 5.42. The molecule has 0 spiro atoms. The molecule has 1 aliphatic heterocycles. The minimum atomic E-state index is -1.60. The van der Waals surface area contributed by atoms with Crippen molar-refractivity contribution in [3.05, 3.63) is 35.1 Å². The van der Waals surface area contributed by atoms with Crippen LogP contribution in [0.3, 0.4) is 0 Å². The van der Waals surface area contributed by atoms with E-state index < -0.39 is 52.4 Å². The van der Waals surface area contributed by atoms with Crippen LogP contribution >= 0.6 is 0 Å². The Kier molecular flexibility index (Phi) is 6.95. The van der Waals surface area contributed by atoms with E-state index in [1.807, 2.05) is 0 Å². The number of carbonyl (C=O) groups excluding carboxylic acids is 3. The van der Waals surface area contributed by atoms with Gasteiger partial charge in [0.2, 0.25) is 11.8 Å². The molecule has 0 aromatic heterocycles. The molecule has 1 aromatic rings. The second-order valence-corrected chi connectivity index (χ2v) is 10.5. The molecule has 0 aliphatic carbocycles. The van der Waals surface area contributed by atoms with Crippen molar-refractivity contribution >= 4 is 17.9 Å². The molecule has 1 heterocycles. The van der Waals surface area contributed by atoms with E-state index in [4.69, 9.17) is 10.5 Å². The van der Waals surface area contributed by atoms with Crippen molar-refractivity contribution in [3.8, 4) is 0 Å². The average molecular weight is 452 g/mol. The van der Waals surface area contributed by atoms with Gasteiger partial charge in [-0.1, -0.05) is 32.9 Å². The van der Waals surface area contributed by atoms with Crippen LogP contribution in [0.15, 0.2) is 18.2 Å². The molecule has 3 amide bonds. The number of halogens is 1. The Morgan fingerprint density at radius 1 is 1.25 bits per heavy atom. The first kappa shape index (κ1) is 25.6. The van der Waals surface area contributed by atoms with Gasteiger partial charge < -0.3 is 25.8 Å². The van der Waals surface area contributed by atoms with E-state index in [0.717, 1.165) is 0 Å². The van der Waals surface area contributed by atoms with Gasteiger partial charge >= 0.3 is 6.09 Å². The number of alkyl carbamates (subject to hydrolysis) is 1. The predicted octanol–water partition coefficient (Wildman–Crippen LogP) is 2.35. The Morgan fingerprint density at radius 3 is 2.31 bits per heavy atom. The Morgan fingerprint density at radius 2 is 1.84 bits per heavy atom. The average Bonchev–Trinajstić information content (AvgIpc) is 2.98. The number of nitrogens with zero attached hydrogens (tertiary/aromatic N) is 1. The van der Waals surface area contributed by atoms with Crippen LogP contribution in [-0.4, -0.2) is 52.1 Å². The summed E-state index contributed by atoms with van der Waals surface area (Å²) < 4.78 is 19.0. The topological polar surface area (TPSA) is 122 Å². The summed E-state index contributed by atoms with van der Waals surface area (Å²) in [5.74, 6) is -1.77. The second kappa shape index (κ2) is 8.69. The highest BCUT2D eigenvalue weighted by molar-refractivity contribution is 5.92. The zero-order chi connectivity index (χ0) is 24.6. The van der Waals surface area contributed by atoms with E-state index in [9.17, 15) is 23.9 Å². The number of amides is 3. The molecule has 0 radical (unpaired) electrons. The minimum Gasteiger partial charge on any atom is -0.444 e. The molecule has 4 N–H and O–H groups in total. The van der Waals surface area contributed by atoms with E-state index >= 15 is 0 Å². The smallest absolute Gasteiger partial charge is 0.408 e. The first-order chi connectivity index (χ1) is 14.4. The van der Waals surface area contributed by atoms with Gasteiger partial charge in [0.15, 0.2) is 0 Å². The number of β-amino-alcohol motifs (C(OH)–C–C–N with tert-alkyl or cyclic N) is 1. The van der Waals surface area contributed by atoms with Gasteiger partial charge in [0.25, 0.3) is 0 Å². The number of rotatable bonds is 4. The zero-order valence-corrected chi connectivity index (χ0v) is 19.8. The van der Waals surface area contributed by atoms with Crippen molar-refractivity contribution in [2.45, 2.75) is 78.2 Å². The normalized spacial score (nSPS) is 22.4. The first-order valence-corrected chi connectivity index (χ1v) is 10.5. The van der Waals surface area contributed by atoms with Gasteiger partial charge in [-0.25, -0.2) is 9.18 Å². The number of ether oxygens (including phenoxy) is 1. The van der Waals surface area contributed by atoms with Gasteiger partial charge in [-0.2, -0.15) is 0 Å². The second-order valence-electron chi connectivity index (χ2n) is 10.5. The van der Waals surface area contributed by atoms with Crippen molar-refractivity contribution in [3.63, 3.8) is 0 Å². The molecule has 1 aromatic carbocycles. The van der Waals surface area contributed by atoms with Crippen molar-refractivity contribution in [1.82, 2.24) is 10.2 Å². The van der Waals surface area contributed by atoms with Crippen LogP contribution in [0.2, 0.25) is 0 Å². The summed E-state index contributed by atoms with van der Waals surface area (Å²) in [6.45, 7) is 11.7. The molecule has 2 rings (SSSR count). The van der Waals surface area contributed by atoms with Crippen molar-refractivity contribution in [2.24, 2.45) is 11.1 Å². The Hall–Kier alpha value is -2.68. The Balaban J connectivity index is 2.38. The fourth-order valence-electron chi connectivity index (χ4n) is 3.76. The number of hydrogen-bond acceptors (Lipinski definition) is 5. The van der Waals surface area contributed by atoms with Crippen molar-refractivity contribution in [1.29, 1.82) is 0 Å². The van der Waals surface area contributed by atoms with Crippen LogP contribution in [0.4, 0.5) is 9.18 Å². The third kappa shape index (κ3) is 5.76. The van der Waals surface area contributed by atoms with Crippen LogP contribution in [0.1, 0.15) is 59.1 Å². The van der Waals surface area contributed by atoms with Crippen LogP contribution in [0, 0.1) is 18.2 Å². The van der Waals surface area contributed by atoms with Gasteiger partial charge in [0.05, 0.1) is 6.54 Å². The van der Waals surface area contributed by atoms with Crippen molar-refractivity contribution < 1.29 is 28.6 Å². The fourth-order valence-corrected chi connectivity index (χ4v) is 3.76. The lowest BCUT2D eigenvalue weighted by molar-refractivity contribution is -0.141. The summed E-state index contributed by atoms with van der Waals surface area (Å²) >= 11 is 0. The van der Waals surface area contributed by atoms with Gasteiger partial charge in [0, 0.05) is 6.42 Å². The number of likely N-dealkylation sites (tertiary alicyclic amines) is 1. The lowest BCUT2D eigenvalue weighted by atomic mass is 9.85. The highest BCUT2D eigenvalue weighted by atomic mass is 19.1. The molecule has 8 nitrogen and oxygen atoms in total. The summed E-state index contributed by atoms with van der Waals surface area (Å²) in [7, 11) is 0. The standard InChI is InChI=1S/C23H34FN3O5/c1-13-10-14(8-9-15(13)24)23(31)11-16(18(25)28)27(12-23)19(29)17(21(2,3)4)26-20(30)32-22(5,6)7/h8-10,16-17,31H,11-12H2,1-7H3,(H2,25,28)(H,26,30)/t16-,17+,23-/m0/s1. The first-order valence-electron chi connectivity index (χ1n) is 10.5. The number of nitrogens with one attached hydrogen (secondary N) is 1. The van der Waals surface area contributed by atoms with E-state index in [-0.39, 0.29) is 13.0 Å². The largest absolute Gasteiger partial charge is 0.444 e. The third-order valence-electron chi connectivity index (χ3n) is 5.42. The maximum absolute atomic E-state index is 13.7. The van der Waals surface area contributed by atoms with E-state index in [0.29, 0.717) is 11.1 Å². The van der Waals surface area contributed by atoms with E-state index in [1.54, 1.807) is 48.5 Å². The zero-order valence-electron chi connectivity index (χ0n) is 19.8. The highest BCUT2D eigenvalue weighted by Gasteiger charge is 2.51. The molecule has 0 unspecified atom stereocenters. The predicted molar refractivity (Wildman–Crippen MR) is 117 cm³/mol. The number of benzene rings is 1. The maximum Gasteiger partial charge on any atom is 0.408 e. The van der Waals surface area contributed by atoms with Crippen LogP contribution in [0.25, 0.3) is 0 Å².